The van der Waals surface area contributed by atoms with Crippen LogP contribution in [0.1, 0.15) is 13.3 Å². The fourth-order valence-electron chi connectivity index (χ4n) is 1.08. The number of halogens is 2. The Morgan fingerprint density at radius 2 is 2.00 bits per heavy atom. The van der Waals surface area contributed by atoms with Crippen molar-refractivity contribution in [1.29, 1.82) is 0 Å². The topological polar surface area (TPSA) is 46.5 Å². The first-order valence-corrected chi connectivity index (χ1v) is 5.57. The van der Waals surface area contributed by atoms with E-state index >= 15 is 0 Å². The van der Waals surface area contributed by atoms with Gasteiger partial charge in [0.2, 0.25) is 0 Å². The molecule has 5 heteroatoms. The minimum absolute atomic E-state index is 0.275. The molecule has 1 aromatic carbocycles. The maximum absolute atomic E-state index is 10.6. The number of hydrogen-bond donors (Lipinski definition) is 1. The summed E-state index contributed by atoms with van der Waals surface area (Å²) in [7, 11) is 0. The van der Waals surface area contributed by atoms with E-state index in [9.17, 15) is 4.79 Å². The Balaban J connectivity index is 2.52. The van der Waals surface area contributed by atoms with Crippen molar-refractivity contribution in [1.82, 2.24) is 0 Å². The van der Waals surface area contributed by atoms with Gasteiger partial charge in [-0.1, -0.05) is 36.2 Å². The van der Waals surface area contributed by atoms with Gasteiger partial charge < -0.3 is 9.84 Å². The zero-order valence-corrected chi connectivity index (χ0v) is 10.3. The van der Waals surface area contributed by atoms with Gasteiger partial charge in [0.05, 0.1) is 22.6 Å². The molecule has 1 atom stereocenters. The van der Waals surface area contributed by atoms with Crippen LogP contribution < -0.4 is 4.74 Å². The second kappa shape index (κ2) is 5.97. The molecule has 3 nitrogen and oxygen atoms in total. The van der Waals surface area contributed by atoms with Crippen molar-refractivity contribution in [3.8, 4) is 5.75 Å². The molecule has 0 bridgehead atoms. The van der Waals surface area contributed by atoms with E-state index in [0.717, 1.165) is 0 Å². The predicted octanol–water partition coefficient (Wildman–Crippen LogP) is 3.48. The summed E-state index contributed by atoms with van der Waals surface area (Å²) in [5, 5.41) is 9.53. The van der Waals surface area contributed by atoms with Gasteiger partial charge in [0.25, 0.3) is 0 Å². The summed E-state index contributed by atoms with van der Waals surface area (Å²) in [5.41, 5.74) is 0. The average Bonchev–Trinajstić information content (AvgIpc) is 2.22. The van der Waals surface area contributed by atoms with Gasteiger partial charge in [-0.3, -0.25) is 4.79 Å². The molecular formula is C11H12Cl2O3. The number of carboxylic acids is 1. The summed E-state index contributed by atoms with van der Waals surface area (Å²) < 4.78 is 5.36. The van der Waals surface area contributed by atoms with E-state index in [0.29, 0.717) is 22.2 Å². The lowest BCUT2D eigenvalue weighted by atomic mass is 10.1. The lowest BCUT2D eigenvalue weighted by molar-refractivity contribution is -0.141. The molecule has 16 heavy (non-hydrogen) atoms. The molecule has 0 amide bonds. The van der Waals surface area contributed by atoms with Gasteiger partial charge >= 0.3 is 5.97 Å². The van der Waals surface area contributed by atoms with E-state index in [1.54, 1.807) is 25.1 Å². The largest absolute Gasteiger partial charge is 0.490 e. The first kappa shape index (κ1) is 13.1. The van der Waals surface area contributed by atoms with Crippen molar-refractivity contribution in [2.45, 2.75) is 13.3 Å². The number of benzene rings is 1. The third-order valence-electron chi connectivity index (χ3n) is 2.14. The third-order valence-corrected chi connectivity index (χ3v) is 2.73. The van der Waals surface area contributed by atoms with Crippen molar-refractivity contribution in [2.75, 3.05) is 6.61 Å². The van der Waals surface area contributed by atoms with Crippen molar-refractivity contribution in [3.05, 3.63) is 28.2 Å². The van der Waals surface area contributed by atoms with Crippen LogP contribution in [0.15, 0.2) is 18.2 Å². The quantitative estimate of drug-likeness (QED) is 0.884. The van der Waals surface area contributed by atoms with Crippen LogP contribution in [0.3, 0.4) is 0 Å². The Kier molecular flexibility index (Phi) is 4.90. The monoisotopic (exact) mass is 262 g/mol. The normalized spacial score (nSPS) is 12.2. The maximum atomic E-state index is 10.6. The average molecular weight is 263 g/mol. The predicted molar refractivity (Wildman–Crippen MR) is 63.4 cm³/mol. The van der Waals surface area contributed by atoms with E-state index in [2.05, 4.69) is 0 Å². The highest BCUT2D eigenvalue weighted by atomic mass is 35.5. The maximum Gasteiger partial charge on any atom is 0.306 e. The van der Waals surface area contributed by atoms with Gasteiger partial charge in [0.15, 0.2) is 5.75 Å². The number of para-hydroxylation sites is 1. The van der Waals surface area contributed by atoms with E-state index in [4.69, 9.17) is 33.0 Å². The first-order valence-electron chi connectivity index (χ1n) is 4.82. The highest BCUT2D eigenvalue weighted by Gasteiger charge is 2.12. The molecule has 0 aliphatic rings. The van der Waals surface area contributed by atoms with Crippen molar-refractivity contribution in [3.63, 3.8) is 0 Å². The number of hydrogen-bond acceptors (Lipinski definition) is 2. The Bertz CT molecular complexity index is 359. The molecule has 1 aromatic rings. The number of carbonyl (C=O) groups is 1. The van der Waals surface area contributed by atoms with E-state index in [1.165, 1.54) is 0 Å². The van der Waals surface area contributed by atoms with Crippen molar-refractivity contribution < 1.29 is 14.6 Å². The Morgan fingerprint density at radius 3 is 2.50 bits per heavy atom. The molecule has 0 aliphatic carbocycles. The fourth-order valence-corrected chi connectivity index (χ4v) is 1.59. The highest BCUT2D eigenvalue weighted by Crippen LogP contribution is 2.32. The molecule has 0 saturated carbocycles. The lowest BCUT2D eigenvalue weighted by Gasteiger charge is -2.11. The zero-order chi connectivity index (χ0) is 12.1. The van der Waals surface area contributed by atoms with Gasteiger partial charge in [0.1, 0.15) is 0 Å². The number of aliphatic carboxylic acids is 1. The molecule has 0 spiro atoms. The van der Waals surface area contributed by atoms with Crippen LogP contribution in [-0.2, 0) is 4.79 Å². The third kappa shape index (κ3) is 3.58. The second-order valence-electron chi connectivity index (χ2n) is 3.43. The minimum atomic E-state index is -0.839. The van der Waals surface area contributed by atoms with Gasteiger partial charge in [-0.2, -0.15) is 0 Å². The molecule has 0 fully saturated rings. The van der Waals surface area contributed by atoms with Crippen LogP contribution in [0, 0.1) is 5.92 Å². The number of rotatable bonds is 5. The molecule has 0 heterocycles. The summed E-state index contributed by atoms with van der Waals surface area (Å²) in [6.07, 6.45) is 0.414. The molecule has 0 saturated heterocycles. The van der Waals surface area contributed by atoms with Crippen LogP contribution in [0.5, 0.6) is 5.75 Å². The first-order chi connectivity index (χ1) is 7.52. The standard InChI is InChI=1S/C11H12Cl2O3/c1-7(11(14)15)5-6-16-10-8(12)3-2-4-9(10)13/h2-4,7H,5-6H2,1H3,(H,14,15). The molecule has 1 unspecified atom stereocenters. The van der Waals surface area contributed by atoms with Crippen LogP contribution in [0.2, 0.25) is 10.0 Å². The Morgan fingerprint density at radius 1 is 1.44 bits per heavy atom. The zero-order valence-electron chi connectivity index (χ0n) is 8.74. The summed E-state index contributed by atoms with van der Waals surface area (Å²) in [6, 6.07) is 5.06. The van der Waals surface area contributed by atoms with Crippen LogP contribution >= 0.6 is 23.2 Å². The molecule has 0 radical (unpaired) electrons. The van der Waals surface area contributed by atoms with Gasteiger partial charge in [0, 0.05) is 0 Å². The van der Waals surface area contributed by atoms with Crippen molar-refractivity contribution in [2.24, 2.45) is 5.92 Å². The Labute approximate surface area is 104 Å². The molecule has 1 rings (SSSR count). The summed E-state index contributed by atoms with van der Waals surface area (Å²) in [6.45, 7) is 1.90. The summed E-state index contributed by atoms with van der Waals surface area (Å²) in [5.74, 6) is -0.876. The summed E-state index contributed by atoms with van der Waals surface area (Å²) >= 11 is 11.8. The number of carboxylic acid groups (broad SMARTS) is 1. The lowest BCUT2D eigenvalue weighted by Crippen LogP contribution is -2.13. The Hall–Kier alpha value is -0.930. The van der Waals surface area contributed by atoms with E-state index in [1.807, 2.05) is 0 Å². The van der Waals surface area contributed by atoms with Crippen LogP contribution in [-0.4, -0.2) is 17.7 Å². The van der Waals surface area contributed by atoms with Gasteiger partial charge in [-0.25, -0.2) is 0 Å². The molecule has 88 valence electrons. The molecule has 1 N–H and O–H groups in total. The van der Waals surface area contributed by atoms with E-state index in [-0.39, 0.29) is 6.61 Å². The fraction of sp³-hybridized carbons (Fsp3) is 0.364. The van der Waals surface area contributed by atoms with Crippen LogP contribution in [0.4, 0.5) is 0 Å². The molecule has 0 aliphatic heterocycles. The summed E-state index contributed by atoms with van der Waals surface area (Å²) in [4.78, 5) is 10.6. The SMILES string of the molecule is CC(CCOc1c(Cl)cccc1Cl)C(=O)O. The van der Waals surface area contributed by atoms with E-state index < -0.39 is 11.9 Å². The second-order valence-corrected chi connectivity index (χ2v) is 4.24. The minimum Gasteiger partial charge on any atom is -0.490 e. The smallest absolute Gasteiger partial charge is 0.306 e. The van der Waals surface area contributed by atoms with Gasteiger partial charge in [-0.05, 0) is 18.6 Å². The molecular weight excluding hydrogens is 251 g/mol. The van der Waals surface area contributed by atoms with Crippen molar-refractivity contribution >= 4 is 29.2 Å². The molecule has 0 aromatic heterocycles. The van der Waals surface area contributed by atoms with Crippen LogP contribution in [0.25, 0.3) is 0 Å². The van der Waals surface area contributed by atoms with Gasteiger partial charge in [-0.15, -0.1) is 0 Å². The number of ether oxygens (including phenoxy) is 1. The highest BCUT2D eigenvalue weighted by molar-refractivity contribution is 6.37.